The minimum absolute atomic E-state index is 0.783. The molecule has 3 heteroatoms. The summed E-state index contributed by atoms with van der Waals surface area (Å²) in [6.45, 7) is 7.50. The smallest absolute Gasteiger partial charge is 0.192 e. The molecule has 0 amide bonds. The Bertz CT molecular complexity index is 113. The Morgan fingerprint density at radius 1 is 1.15 bits per heavy atom. The van der Waals surface area contributed by atoms with Gasteiger partial charge in [0.05, 0.1) is 0 Å². The molecule has 0 aromatic rings. The monoisotopic (exact) mass is 222 g/mol. The first kappa shape index (κ1) is 13.5. The van der Waals surface area contributed by atoms with E-state index in [0.29, 0.717) is 0 Å². The SMILES string of the molecule is CCC[Si](CC)(CCCCl)OCC. The fourth-order valence-electron chi connectivity index (χ4n) is 1.88. The molecule has 0 saturated heterocycles. The van der Waals surface area contributed by atoms with E-state index < -0.39 is 8.32 Å². The fourth-order valence-corrected chi connectivity index (χ4v) is 6.03. The molecule has 1 atom stereocenters. The summed E-state index contributed by atoms with van der Waals surface area (Å²) in [4.78, 5) is 0. The maximum atomic E-state index is 6.00. The molecule has 0 rings (SSSR count). The molecule has 0 radical (unpaired) electrons. The molecule has 0 bridgehead atoms. The summed E-state index contributed by atoms with van der Waals surface area (Å²) in [6, 6.07) is 3.79. The Morgan fingerprint density at radius 3 is 2.23 bits per heavy atom. The Hall–Kier alpha value is 0.467. The zero-order valence-corrected chi connectivity index (χ0v) is 11.0. The minimum atomic E-state index is -1.37. The molecular weight excluding hydrogens is 200 g/mol. The van der Waals surface area contributed by atoms with Crippen molar-refractivity contribution in [1.82, 2.24) is 0 Å². The summed E-state index contributed by atoms with van der Waals surface area (Å²) in [6.07, 6.45) is 2.38. The highest BCUT2D eigenvalue weighted by atomic mass is 35.5. The van der Waals surface area contributed by atoms with Crippen LogP contribution in [0.1, 0.15) is 33.6 Å². The van der Waals surface area contributed by atoms with Crippen molar-refractivity contribution < 1.29 is 4.43 Å². The summed E-state index contributed by atoms with van der Waals surface area (Å²) < 4.78 is 6.00. The van der Waals surface area contributed by atoms with Gasteiger partial charge in [0.2, 0.25) is 0 Å². The van der Waals surface area contributed by atoms with Gasteiger partial charge >= 0.3 is 0 Å². The first-order chi connectivity index (χ1) is 6.24. The summed E-state index contributed by atoms with van der Waals surface area (Å²) in [7, 11) is -1.37. The van der Waals surface area contributed by atoms with Gasteiger partial charge in [0.1, 0.15) is 0 Å². The fraction of sp³-hybridized carbons (Fsp3) is 1.00. The second-order valence-electron chi connectivity index (χ2n) is 3.51. The van der Waals surface area contributed by atoms with Crippen LogP contribution in [0, 0.1) is 0 Å². The average Bonchev–Trinajstić information content (AvgIpc) is 2.15. The van der Waals surface area contributed by atoms with E-state index in [-0.39, 0.29) is 0 Å². The van der Waals surface area contributed by atoms with Gasteiger partial charge in [0.25, 0.3) is 0 Å². The van der Waals surface area contributed by atoms with Crippen molar-refractivity contribution in [2.24, 2.45) is 0 Å². The normalized spacial score (nSPS) is 15.7. The van der Waals surface area contributed by atoms with Crippen LogP contribution in [-0.2, 0) is 4.43 Å². The van der Waals surface area contributed by atoms with Crippen molar-refractivity contribution in [3.8, 4) is 0 Å². The maximum absolute atomic E-state index is 6.00. The molecule has 0 N–H and O–H groups in total. The maximum Gasteiger partial charge on any atom is 0.192 e. The van der Waals surface area contributed by atoms with E-state index in [1.807, 2.05) is 0 Å². The van der Waals surface area contributed by atoms with E-state index in [0.717, 1.165) is 18.9 Å². The largest absolute Gasteiger partial charge is 0.417 e. The van der Waals surface area contributed by atoms with Gasteiger partial charge in [-0.15, -0.1) is 11.6 Å². The molecule has 0 heterocycles. The number of hydrogen-bond donors (Lipinski definition) is 0. The molecule has 0 fully saturated rings. The van der Waals surface area contributed by atoms with Crippen LogP contribution in [0.25, 0.3) is 0 Å². The second kappa shape index (κ2) is 7.83. The minimum Gasteiger partial charge on any atom is -0.417 e. The number of halogens is 1. The highest BCUT2D eigenvalue weighted by Crippen LogP contribution is 2.25. The second-order valence-corrected chi connectivity index (χ2v) is 8.25. The zero-order valence-electron chi connectivity index (χ0n) is 9.24. The predicted molar refractivity (Wildman–Crippen MR) is 63.1 cm³/mol. The lowest BCUT2D eigenvalue weighted by molar-refractivity contribution is 0.318. The molecule has 0 aliphatic heterocycles. The molecule has 13 heavy (non-hydrogen) atoms. The predicted octanol–water partition coefficient (Wildman–Crippen LogP) is 4.03. The van der Waals surface area contributed by atoms with Crippen molar-refractivity contribution in [3.63, 3.8) is 0 Å². The first-order valence-electron chi connectivity index (χ1n) is 5.44. The molecule has 0 aliphatic rings. The molecule has 0 aromatic carbocycles. The van der Waals surface area contributed by atoms with E-state index in [4.69, 9.17) is 16.0 Å². The van der Waals surface area contributed by atoms with Gasteiger partial charge in [-0.25, -0.2) is 0 Å². The topological polar surface area (TPSA) is 9.23 Å². The van der Waals surface area contributed by atoms with Crippen LogP contribution in [0.15, 0.2) is 0 Å². The summed E-state index contributed by atoms with van der Waals surface area (Å²) >= 11 is 5.73. The van der Waals surface area contributed by atoms with Crippen LogP contribution in [-0.4, -0.2) is 20.8 Å². The summed E-state index contributed by atoms with van der Waals surface area (Å²) in [5.41, 5.74) is 0. The van der Waals surface area contributed by atoms with Gasteiger partial charge in [-0.1, -0.05) is 20.3 Å². The van der Waals surface area contributed by atoms with E-state index in [2.05, 4.69) is 20.8 Å². The lowest BCUT2D eigenvalue weighted by Gasteiger charge is -2.29. The Balaban J connectivity index is 4.07. The Morgan fingerprint density at radius 2 is 1.85 bits per heavy atom. The summed E-state index contributed by atoms with van der Waals surface area (Å²) in [5, 5.41) is 0. The molecule has 0 saturated carbocycles. The van der Waals surface area contributed by atoms with E-state index in [1.165, 1.54) is 24.6 Å². The van der Waals surface area contributed by atoms with Gasteiger partial charge in [0.15, 0.2) is 8.32 Å². The third kappa shape index (κ3) is 5.04. The molecule has 1 nitrogen and oxygen atoms in total. The Kier molecular flexibility index (Phi) is 8.11. The zero-order chi connectivity index (χ0) is 10.2. The highest BCUT2D eigenvalue weighted by Gasteiger charge is 2.30. The van der Waals surface area contributed by atoms with Crippen molar-refractivity contribution in [2.75, 3.05) is 12.5 Å². The van der Waals surface area contributed by atoms with Crippen LogP contribution in [0.3, 0.4) is 0 Å². The quantitative estimate of drug-likeness (QED) is 0.445. The van der Waals surface area contributed by atoms with Gasteiger partial charge < -0.3 is 4.43 Å². The number of alkyl halides is 1. The van der Waals surface area contributed by atoms with Crippen LogP contribution >= 0.6 is 11.6 Å². The van der Waals surface area contributed by atoms with E-state index in [9.17, 15) is 0 Å². The molecular formula is C10H23ClOSi. The van der Waals surface area contributed by atoms with Crippen LogP contribution in [0.4, 0.5) is 0 Å². The van der Waals surface area contributed by atoms with Crippen molar-refractivity contribution in [1.29, 1.82) is 0 Å². The van der Waals surface area contributed by atoms with Gasteiger partial charge in [-0.3, -0.25) is 0 Å². The average molecular weight is 223 g/mol. The first-order valence-corrected chi connectivity index (χ1v) is 8.51. The third-order valence-electron chi connectivity index (χ3n) is 2.57. The van der Waals surface area contributed by atoms with E-state index in [1.54, 1.807) is 0 Å². The van der Waals surface area contributed by atoms with Crippen LogP contribution in [0.2, 0.25) is 18.1 Å². The van der Waals surface area contributed by atoms with Gasteiger partial charge in [0, 0.05) is 12.5 Å². The van der Waals surface area contributed by atoms with Gasteiger partial charge in [-0.05, 0) is 31.5 Å². The molecule has 0 aromatic heterocycles. The van der Waals surface area contributed by atoms with Gasteiger partial charge in [-0.2, -0.15) is 0 Å². The number of rotatable bonds is 8. The molecule has 80 valence electrons. The molecule has 0 spiro atoms. The van der Waals surface area contributed by atoms with Crippen molar-refractivity contribution >= 4 is 19.9 Å². The molecule has 0 aliphatic carbocycles. The molecule has 1 unspecified atom stereocenters. The highest BCUT2D eigenvalue weighted by molar-refractivity contribution is 6.73. The standard InChI is InChI=1S/C10H23ClOSi/c1-4-9-13(6-3,12-5-2)10-7-8-11/h4-10H2,1-3H3. The van der Waals surface area contributed by atoms with Crippen LogP contribution in [0.5, 0.6) is 0 Å². The van der Waals surface area contributed by atoms with Crippen LogP contribution < -0.4 is 0 Å². The number of hydrogen-bond acceptors (Lipinski definition) is 1. The van der Waals surface area contributed by atoms with E-state index >= 15 is 0 Å². The lowest BCUT2D eigenvalue weighted by atomic mass is 10.6. The van der Waals surface area contributed by atoms with Crippen molar-refractivity contribution in [3.05, 3.63) is 0 Å². The lowest BCUT2D eigenvalue weighted by Crippen LogP contribution is -2.37. The Labute approximate surface area is 88.9 Å². The third-order valence-corrected chi connectivity index (χ3v) is 7.70. The van der Waals surface area contributed by atoms with Crippen molar-refractivity contribution in [2.45, 2.75) is 51.7 Å². The summed E-state index contributed by atoms with van der Waals surface area (Å²) in [5.74, 6) is 0.783.